The maximum atomic E-state index is 11.8. The number of halogens is 1. The zero-order valence-corrected chi connectivity index (χ0v) is 10.5. The van der Waals surface area contributed by atoms with Crippen LogP contribution in [0.2, 0.25) is 5.02 Å². The Bertz CT molecular complexity index is 608. The summed E-state index contributed by atoms with van der Waals surface area (Å²) in [5, 5.41) is 9.40. The van der Waals surface area contributed by atoms with Gasteiger partial charge in [-0.3, -0.25) is 9.78 Å². The Balaban J connectivity index is 2.48. The molecule has 0 aliphatic rings. The van der Waals surface area contributed by atoms with Crippen LogP contribution in [0.15, 0.2) is 23.1 Å². The van der Waals surface area contributed by atoms with Crippen molar-refractivity contribution in [3.05, 3.63) is 45.0 Å². The summed E-state index contributed by atoms with van der Waals surface area (Å²) in [5.41, 5.74) is 1.40. The maximum Gasteiger partial charge on any atom is 0.254 e. The predicted molar refractivity (Wildman–Crippen MR) is 68.6 cm³/mol. The molecule has 0 spiro atoms. The minimum Gasteiger partial charge on any atom is -0.396 e. The summed E-state index contributed by atoms with van der Waals surface area (Å²) >= 11 is 5.75. The van der Waals surface area contributed by atoms with E-state index in [1.165, 1.54) is 6.20 Å². The van der Waals surface area contributed by atoms with E-state index in [4.69, 9.17) is 16.7 Å². The first kappa shape index (κ1) is 12.7. The molecule has 0 saturated heterocycles. The first-order valence-electron chi connectivity index (χ1n) is 5.44. The molecule has 94 valence electrons. The van der Waals surface area contributed by atoms with Crippen LogP contribution < -0.4 is 5.56 Å². The fraction of sp³-hybridized carbons (Fsp3) is 0.250. The van der Waals surface area contributed by atoms with E-state index in [1.54, 1.807) is 19.1 Å². The minimum atomic E-state index is -0.247. The predicted octanol–water partition coefficient (Wildman–Crippen LogP) is 1.33. The second-order valence-corrected chi connectivity index (χ2v) is 4.25. The molecule has 18 heavy (non-hydrogen) atoms. The average Bonchev–Trinajstić information content (AvgIpc) is 2.34. The Morgan fingerprint density at radius 2 is 2.22 bits per heavy atom. The highest BCUT2D eigenvalue weighted by Gasteiger charge is 2.09. The molecule has 0 aromatic carbocycles. The van der Waals surface area contributed by atoms with E-state index in [1.807, 2.05) is 0 Å². The van der Waals surface area contributed by atoms with E-state index in [-0.39, 0.29) is 12.2 Å². The lowest BCUT2D eigenvalue weighted by molar-refractivity contribution is 0.298. The van der Waals surface area contributed by atoms with E-state index in [0.717, 1.165) is 0 Å². The van der Waals surface area contributed by atoms with Crippen molar-refractivity contribution in [1.82, 2.24) is 15.0 Å². The fourth-order valence-electron chi connectivity index (χ4n) is 1.65. The highest BCUT2D eigenvalue weighted by atomic mass is 35.5. The summed E-state index contributed by atoms with van der Waals surface area (Å²) < 4.78 is 0. The van der Waals surface area contributed by atoms with Crippen LogP contribution in [-0.2, 0) is 6.42 Å². The normalized spacial score (nSPS) is 10.6. The van der Waals surface area contributed by atoms with Crippen LogP contribution in [0.25, 0.3) is 11.5 Å². The standard InChI is InChI=1S/C12H12ClN3O2/c1-7-9(4-5-17)12(18)16-11(15-7)10-3-2-8(13)6-14-10/h2-3,6,17H,4-5H2,1H3,(H,15,16,18). The summed E-state index contributed by atoms with van der Waals surface area (Å²) in [4.78, 5) is 22.9. The number of hydrogen-bond acceptors (Lipinski definition) is 4. The number of rotatable bonds is 3. The van der Waals surface area contributed by atoms with Crippen molar-refractivity contribution in [3.8, 4) is 11.5 Å². The molecule has 5 nitrogen and oxygen atoms in total. The van der Waals surface area contributed by atoms with Gasteiger partial charge in [-0.05, 0) is 19.1 Å². The van der Waals surface area contributed by atoms with Gasteiger partial charge in [0.1, 0.15) is 5.69 Å². The molecule has 2 aromatic rings. The van der Waals surface area contributed by atoms with Crippen molar-refractivity contribution in [1.29, 1.82) is 0 Å². The minimum absolute atomic E-state index is 0.0792. The van der Waals surface area contributed by atoms with Gasteiger partial charge in [-0.1, -0.05) is 11.6 Å². The first-order chi connectivity index (χ1) is 8.61. The zero-order valence-electron chi connectivity index (χ0n) is 9.77. The molecule has 0 atom stereocenters. The topological polar surface area (TPSA) is 78.9 Å². The highest BCUT2D eigenvalue weighted by Crippen LogP contribution is 2.14. The number of nitrogens with one attached hydrogen (secondary N) is 1. The lowest BCUT2D eigenvalue weighted by atomic mass is 10.2. The Morgan fingerprint density at radius 3 is 2.78 bits per heavy atom. The number of pyridine rings is 1. The Hall–Kier alpha value is -1.72. The number of aromatic amines is 1. The number of aliphatic hydroxyl groups excluding tert-OH is 1. The van der Waals surface area contributed by atoms with Crippen molar-refractivity contribution in [2.24, 2.45) is 0 Å². The fourth-order valence-corrected chi connectivity index (χ4v) is 1.77. The number of H-pyrrole nitrogens is 1. The van der Waals surface area contributed by atoms with E-state index in [2.05, 4.69) is 15.0 Å². The molecule has 0 radical (unpaired) electrons. The van der Waals surface area contributed by atoms with Crippen molar-refractivity contribution in [2.45, 2.75) is 13.3 Å². The Kier molecular flexibility index (Phi) is 3.74. The Morgan fingerprint density at radius 1 is 1.44 bits per heavy atom. The van der Waals surface area contributed by atoms with Crippen LogP contribution >= 0.6 is 11.6 Å². The summed E-state index contributed by atoms with van der Waals surface area (Å²) in [5.74, 6) is 0.399. The average molecular weight is 266 g/mol. The maximum absolute atomic E-state index is 11.8. The third-order valence-corrected chi connectivity index (χ3v) is 2.78. The molecule has 2 heterocycles. The summed E-state index contributed by atoms with van der Waals surface area (Å²) in [6, 6.07) is 3.37. The molecule has 0 aliphatic carbocycles. The van der Waals surface area contributed by atoms with Gasteiger partial charge in [0.05, 0.1) is 5.02 Å². The number of aromatic nitrogens is 3. The van der Waals surface area contributed by atoms with Gasteiger partial charge in [0.2, 0.25) is 0 Å². The monoisotopic (exact) mass is 265 g/mol. The molecular formula is C12H12ClN3O2. The van der Waals surface area contributed by atoms with Gasteiger partial charge in [0, 0.05) is 30.5 Å². The number of aliphatic hydroxyl groups is 1. The molecule has 0 fully saturated rings. The summed E-state index contributed by atoms with van der Waals surface area (Å²) in [6.07, 6.45) is 1.79. The van der Waals surface area contributed by atoms with Crippen LogP contribution in [0.1, 0.15) is 11.3 Å². The molecule has 0 aliphatic heterocycles. The van der Waals surface area contributed by atoms with E-state index >= 15 is 0 Å². The van der Waals surface area contributed by atoms with E-state index < -0.39 is 0 Å². The number of nitrogens with zero attached hydrogens (tertiary/aromatic N) is 2. The second-order valence-electron chi connectivity index (χ2n) is 3.81. The van der Waals surface area contributed by atoms with Crippen LogP contribution in [-0.4, -0.2) is 26.7 Å². The van der Waals surface area contributed by atoms with Crippen LogP contribution in [0.4, 0.5) is 0 Å². The second kappa shape index (κ2) is 5.29. The highest BCUT2D eigenvalue weighted by molar-refractivity contribution is 6.30. The third-order valence-electron chi connectivity index (χ3n) is 2.55. The first-order valence-corrected chi connectivity index (χ1v) is 5.82. The quantitative estimate of drug-likeness (QED) is 0.877. The molecule has 0 unspecified atom stereocenters. The van der Waals surface area contributed by atoms with Gasteiger partial charge in [-0.15, -0.1) is 0 Å². The van der Waals surface area contributed by atoms with Crippen molar-refractivity contribution >= 4 is 11.6 Å². The molecule has 0 bridgehead atoms. The largest absolute Gasteiger partial charge is 0.396 e. The smallest absolute Gasteiger partial charge is 0.254 e. The van der Waals surface area contributed by atoms with Gasteiger partial charge in [0.15, 0.2) is 5.82 Å². The van der Waals surface area contributed by atoms with Gasteiger partial charge < -0.3 is 10.1 Å². The molecule has 0 saturated carbocycles. The molecule has 2 rings (SSSR count). The van der Waals surface area contributed by atoms with Gasteiger partial charge in [-0.2, -0.15) is 0 Å². The SMILES string of the molecule is Cc1nc(-c2ccc(Cl)cn2)[nH]c(=O)c1CCO. The van der Waals surface area contributed by atoms with Gasteiger partial charge >= 0.3 is 0 Å². The van der Waals surface area contributed by atoms with Crippen LogP contribution in [0.3, 0.4) is 0 Å². The molecular weight excluding hydrogens is 254 g/mol. The Labute approximate surface area is 109 Å². The molecule has 2 N–H and O–H groups in total. The lowest BCUT2D eigenvalue weighted by Crippen LogP contribution is -2.18. The van der Waals surface area contributed by atoms with Crippen LogP contribution in [0, 0.1) is 6.92 Å². The molecule has 0 amide bonds. The van der Waals surface area contributed by atoms with Crippen LogP contribution in [0.5, 0.6) is 0 Å². The van der Waals surface area contributed by atoms with Crippen molar-refractivity contribution in [2.75, 3.05) is 6.61 Å². The van der Waals surface area contributed by atoms with Gasteiger partial charge in [-0.25, -0.2) is 4.98 Å². The lowest BCUT2D eigenvalue weighted by Gasteiger charge is -2.05. The number of hydrogen-bond donors (Lipinski definition) is 2. The summed E-state index contributed by atoms with van der Waals surface area (Å²) in [7, 11) is 0. The van der Waals surface area contributed by atoms with Crippen molar-refractivity contribution in [3.63, 3.8) is 0 Å². The molecule has 6 heteroatoms. The van der Waals surface area contributed by atoms with Crippen molar-refractivity contribution < 1.29 is 5.11 Å². The van der Waals surface area contributed by atoms with E-state index in [0.29, 0.717) is 34.2 Å². The van der Waals surface area contributed by atoms with E-state index in [9.17, 15) is 4.79 Å². The number of aryl methyl sites for hydroxylation is 1. The van der Waals surface area contributed by atoms with Gasteiger partial charge in [0.25, 0.3) is 5.56 Å². The summed E-state index contributed by atoms with van der Waals surface area (Å²) in [6.45, 7) is 1.66. The zero-order chi connectivity index (χ0) is 13.1. The molecule has 2 aromatic heterocycles. The third kappa shape index (κ3) is 2.57.